The minimum Gasteiger partial charge on any atom is -0.398 e. The second-order valence-corrected chi connectivity index (χ2v) is 4.91. The Kier molecular flexibility index (Phi) is 3.07. The van der Waals surface area contributed by atoms with Gasteiger partial charge >= 0.3 is 0 Å². The highest BCUT2D eigenvalue weighted by molar-refractivity contribution is 5.99. The van der Waals surface area contributed by atoms with Gasteiger partial charge in [0.05, 0.1) is 17.7 Å². The lowest BCUT2D eigenvalue weighted by molar-refractivity contribution is 0.0891. The highest BCUT2D eigenvalue weighted by Crippen LogP contribution is 2.20. The Morgan fingerprint density at radius 1 is 1.53 bits per heavy atom. The molecular weight excluding hydrogens is 216 g/mol. The first-order valence-corrected chi connectivity index (χ1v) is 5.77. The molecule has 1 saturated heterocycles. The van der Waals surface area contributed by atoms with Crippen LogP contribution >= 0.6 is 0 Å². The third kappa shape index (κ3) is 2.58. The Morgan fingerprint density at radius 2 is 2.29 bits per heavy atom. The standard InChI is InChI=1S/C13H18N2O2/c1-9-3-4-10(11(14)7-9)12(16)15-13(2)5-6-17-8-13/h3-4,7H,5-6,8,14H2,1-2H3,(H,15,16). The molecule has 1 aromatic carbocycles. The topological polar surface area (TPSA) is 64.3 Å². The lowest BCUT2D eigenvalue weighted by atomic mass is 10.0. The Hall–Kier alpha value is -1.55. The first kappa shape index (κ1) is 11.9. The van der Waals surface area contributed by atoms with E-state index in [1.54, 1.807) is 6.07 Å². The number of nitrogen functional groups attached to an aromatic ring is 1. The fourth-order valence-corrected chi connectivity index (χ4v) is 2.00. The van der Waals surface area contributed by atoms with Crippen molar-refractivity contribution in [3.05, 3.63) is 29.3 Å². The van der Waals surface area contributed by atoms with Gasteiger partial charge in [0.15, 0.2) is 0 Å². The van der Waals surface area contributed by atoms with Gasteiger partial charge in [0, 0.05) is 12.3 Å². The number of aryl methyl sites for hydroxylation is 1. The largest absolute Gasteiger partial charge is 0.398 e. The van der Waals surface area contributed by atoms with Crippen molar-refractivity contribution in [1.82, 2.24) is 5.32 Å². The molecule has 1 heterocycles. The van der Waals surface area contributed by atoms with Crippen molar-refractivity contribution in [1.29, 1.82) is 0 Å². The van der Waals surface area contributed by atoms with Crippen LogP contribution in [0.2, 0.25) is 0 Å². The summed E-state index contributed by atoms with van der Waals surface area (Å²) in [5.41, 5.74) is 7.68. The maximum atomic E-state index is 12.1. The van der Waals surface area contributed by atoms with E-state index in [0.717, 1.165) is 12.0 Å². The molecule has 1 unspecified atom stereocenters. The van der Waals surface area contributed by atoms with Crippen LogP contribution in [0.15, 0.2) is 18.2 Å². The molecule has 92 valence electrons. The second-order valence-electron chi connectivity index (χ2n) is 4.91. The molecule has 1 amide bonds. The van der Waals surface area contributed by atoms with Gasteiger partial charge in [-0.2, -0.15) is 0 Å². The molecule has 1 aliphatic heterocycles. The Bertz CT molecular complexity index is 437. The molecule has 4 nitrogen and oxygen atoms in total. The number of carbonyl (C=O) groups is 1. The minimum atomic E-state index is -0.269. The van der Waals surface area contributed by atoms with Crippen LogP contribution in [0.3, 0.4) is 0 Å². The number of anilines is 1. The van der Waals surface area contributed by atoms with Crippen molar-refractivity contribution in [3.8, 4) is 0 Å². The molecule has 1 atom stereocenters. The third-order valence-corrected chi connectivity index (χ3v) is 3.09. The number of nitrogens with two attached hydrogens (primary N) is 1. The van der Waals surface area contributed by atoms with Crippen molar-refractivity contribution >= 4 is 11.6 Å². The van der Waals surface area contributed by atoms with Crippen LogP contribution in [0.4, 0.5) is 5.69 Å². The zero-order valence-corrected chi connectivity index (χ0v) is 10.2. The fourth-order valence-electron chi connectivity index (χ4n) is 2.00. The lowest BCUT2D eigenvalue weighted by Crippen LogP contribution is -2.46. The Balaban J connectivity index is 2.14. The SMILES string of the molecule is Cc1ccc(C(=O)NC2(C)CCOC2)c(N)c1. The molecule has 4 heteroatoms. The summed E-state index contributed by atoms with van der Waals surface area (Å²) < 4.78 is 5.30. The van der Waals surface area contributed by atoms with Crippen molar-refractivity contribution in [3.63, 3.8) is 0 Å². The van der Waals surface area contributed by atoms with Crippen LogP contribution < -0.4 is 11.1 Å². The molecule has 1 aromatic rings. The van der Waals surface area contributed by atoms with Crippen LogP contribution in [-0.2, 0) is 4.74 Å². The molecule has 2 rings (SSSR count). The van der Waals surface area contributed by atoms with Crippen molar-refractivity contribution < 1.29 is 9.53 Å². The van der Waals surface area contributed by atoms with E-state index in [1.165, 1.54) is 0 Å². The zero-order chi connectivity index (χ0) is 12.5. The predicted molar refractivity (Wildman–Crippen MR) is 66.9 cm³/mol. The summed E-state index contributed by atoms with van der Waals surface area (Å²) in [5, 5.41) is 2.99. The average Bonchev–Trinajstić information content (AvgIpc) is 2.64. The van der Waals surface area contributed by atoms with E-state index in [9.17, 15) is 4.79 Å². The van der Waals surface area contributed by atoms with E-state index >= 15 is 0 Å². The van der Waals surface area contributed by atoms with E-state index in [1.807, 2.05) is 26.0 Å². The maximum Gasteiger partial charge on any atom is 0.253 e. The molecule has 1 fully saturated rings. The van der Waals surface area contributed by atoms with E-state index in [2.05, 4.69) is 5.32 Å². The van der Waals surface area contributed by atoms with Crippen LogP contribution in [0.1, 0.15) is 29.3 Å². The van der Waals surface area contributed by atoms with E-state index in [-0.39, 0.29) is 11.4 Å². The van der Waals surface area contributed by atoms with Gasteiger partial charge in [0.25, 0.3) is 5.91 Å². The number of hydrogen-bond acceptors (Lipinski definition) is 3. The molecule has 0 aromatic heterocycles. The maximum absolute atomic E-state index is 12.1. The molecular formula is C13H18N2O2. The van der Waals surface area contributed by atoms with Gasteiger partial charge in [-0.05, 0) is 38.0 Å². The summed E-state index contributed by atoms with van der Waals surface area (Å²) in [7, 11) is 0. The second kappa shape index (κ2) is 4.37. The number of amides is 1. The number of rotatable bonds is 2. The van der Waals surface area contributed by atoms with E-state index < -0.39 is 0 Å². The predicted octanol–water partition coefficient (Wildman–Crippen LogP) is 1.49. The van der Waals surface area contributed by atoms with Gasteiger partial charge in [-0.25, -0.2) is 0 Å². The number of ether oxygens (including phenoxy) is 1. The van der Waals surface area contributed by atoms with Gasteiger partial charge in [-0.1, -0.05) is 6.07 Å². The van der Waals surface area contributed by atoms with Gasteiger partial charge < -0.3 is 15.8 Å². The summed E-state index contributed by atoms with van der Waals surface area (Å²) in [6, 6.07) is 5.46. The van der Waals surface area contributed by atoms with Crippen molar-refractivity contribution in [2.45, 2.75) is 25.8 Å². The molecule has 0 aliphatic carbocycles. The molecule has 3 N–H and O–H groups in total. The Labute approximate surface area is 101 Å². The summed E-state index contributed by atoms with van der Waals surface area (Å²) in [6.45, 7) is 5.19. The van der Waals surface area contributed by atoms with Crippen LogP contribution in [0, 0.1) is 6.92 Å². The fraction of sp³-hybridized carbons (Fsp3) is 0.462. The summed E-state index contributed by atoms with van der Waals surface area (Å²) in [4.78, 5) is 12.1. The number of benzene rings is 1. The monoisotopic (exact) mass is 234 g/mol. The van der Waals surface area contributed by atoms with Crippen LogP contribution in [-0.4, -0.2) is 24.7 Å². The highest BCUT2D eigenvalue weighted by Gasteiger charge is 2.31. The first-order chi connectivity index (χ1) is 8.00. The zero-order valence-electron chi connectivity index (χ0n) is 10.2. The molecule has 1 aliphatic rings. The smallest absolute Gasteiger partial charge is 0.253 e. The quantitative estimate of drug-likeness (QED) is 0.762. The number of nitrogens with one attached hydrogen (secondary N) is 1. The number of hydrogen-bond donors (Lipinski definition) is 2. The van der Waals surface area contributed by atoms with Gasteiger partial charge in [0.2, 0.25) is 0 Å². The van der Waals surface area contributed by atoms with E-state index in [4.69, 9.17) is 10.5 Å². The molecule has 17 heavy (non-hydrogen) atoms. The lowest BCUT2D eigenvalue weighted by Gasteiger charge is -2.23. The molecule has 0 spiro atoms. The molecule has 0 saturated carbocycles. The molecule has 0 radical (unpaired) electrons. The first-order valence-electron chi connectivity index (χ1n) is 5.77. The third-order valence-electron chi connectivity index (χ3n) is 3.09. The minimum absolute atomic E-state index is 0.129. The van der Waals surface area contributed by atoms with Gasteiger partial charge in [-0.15, -0.1) is 0 Å². The highest BCUT2D eigenvalue weighted by atomic mass is 16.5. The summed E-state index contributed by atoms with van der Waals surface area (Å²) in [5.74, 6) is -0.129. The van der Waals surface area contributed by atoms with Crippen LogP contribution in [0.5, 0.6) is 0 Å². The van der Waals surface area contributed by atoms with Crippen molar-refractivity contribution in [2.24, 2.45) is 0 Å². The normalized spacial score (nSPS) is 23.6. The average molecular weight is 234 g/mol. The summed E-state index contributed by atoms with van der Waals surface area (Å²) >= 11 is 0. The van der Waals surface area contributed by atoms with E-state index in [0.29, 0.717) is 24.5 Å². The van der Waals surface area contributed by atoms with Gasteiger partial charge in [0.1, 0.15) is 0 Å². The van der Waals surface area contributed by atoms with Crippen molar-refractivity contribution in [2.75, 3.05) is 18.9 Å². The Morgan fingerprint density at radius 3 is 2.88 bits per heavy atom. The van der Waals surface area contributed by atoms with Crippen LogP contribution in [0.25, 0.3) is 0 Å². The number of carbonyl (C=O) groups excluding carboxylic acids is 1. The van der Waals surface area contributed by atoms with Gasteiger partial charge in [-0.3, -0.25) is 4.79 Å². The summed E-state index contributed by atoms with van der Waals surface area (Å²) in [6.07, 6.45) is 0.838. The molecule has 0 bridgehead atoms.